The van der Waals surface area contributed by atoms with Crippen LogP contribution in [0.3, 0.4) is 0 Å². The van der Waals surface area contributed by atoms with Crippen molar-refractivity contribution < 1.29 is 13.9 Å². The topological polar surface area (TPSA) is 104 Å². The molecule has 0 radical (unpaired) electrons. The van der Waals surface area contributed by atoms with Gasteiger partial charge in [0.2, 0.25) is 5.95 Å². The molecule has 3 aromatic rings. The van der Waals surface area contributed by atoms with Crippen molar-refractivity contribution in [2.45, 2.75) is 56.8 Å². The summed E-state index contributed by atoms with van der Waals surface area (Å²) in [5.41, 5.74) is -0.503. The minimum Gasteiger partial charge on any atom is -0.378 e. The molecule has 2 aromatic heterocycles. The number of likely N-dealkylation sites (N-methyl/N-ethyl adjacent to an activating group) is 1. The largest absolute Gasteiger partial charge is 0.378 e. The molecule has 10 nitrogen and oxygen atoms in total. The Morgan fingerprint density at radius 1 is 1.19 bits per heavy atom. The van der Waals surface area contributed by atoms with Crippen molar-refractivity contribution in [3.63, 3.8) is 0 Å². The quantitative estimate of drug-likeness (QED) is 0.344. The third kappa shape index (κ3) is 5.60. The van der Waals surface area contributed by atoms with Crippen molar-refractivity contribution in [1.82, 2.24) is 24.2 Å². The van der Waals surface area contributed by atoms with Gasteiger partial charge in [0.15, 0.2) is 11.2 Å². The first-order valence-electron chi connectivity index (χ1n) is 14.2. The fourth-order valence-electron chi connectivity index (χ4n) is 5.70. The van der Waals surface area contributed by atoms with E-state index in [9.17, 15) is 18.7 Å². The van der Waals surface area contributed by atoms with Crippen molar-refractivity contribution in [3.8, 4) is 0 Å². The van der Waals surface area contributed by atoms with E-state index >= 15 is 0 Å². The number of nitrogens with one attached hydrogen (secondary N) is 1. The normalized spacial score (nSPS) is 21.6. The summed E-state index contributed by atoms with van der Waals surface area (Å²) in [6.07, 6.45) is 4.51. The zero-order chi connectivity index (χ0) is 30.1. The molecule has 1 aliphatic heterocycles. The van der Waals surface area contributed by atoms with Gasteiger partial charge in [0.25, 0.3) is 11.5 Å². The number of aliphatic hydroxyl groups is 1. The predicted molar refractivity (Wildman–Crippen MR) is 162 cm³/mol. The second-order valence-electron chi connectivity index (χ2n) is 11.1. The third-order valence-corrected chi connectivity index (χ3v) is 8.12. The molecule has 224 valence electrons. The Kier molecular flexibility index (Phi) is 8.29. The number of piperazine rings is 1. The minimum absolute atomic E-state index is 0.00847. The summed E-state index contributed by atoms with van der Waals surface area (Å²) < 4.78 is 32.0. The lowest BCUT2D eigenvalue weighted by Crippen LogP contribution is -2.49. The number of rotatable bonds is 10. The van der Waals surface area contributed by atoms with Gasteiger partial charge < -0.3 is 20.2 Å². The summed E-state index contributed by atoms with van der Waals surface area (Å²) in [4.78, 5) is 31.7. The maximum Gasteiger partial charge on any atom is 0.278 e. The van der Waals surface area contributed by atoms with Crippen molar-refractivity contribution >= 4 is 34.1 Å². The summed E-state index contributed by atoms with van der Waals surface area (Å²) in [5, 5.41) is 14.4. The summed E-state index contributed by atoms with van der Waals surface area (Å²) >= 11 is 0. The lowest BCUT2D eigenvalue weighted by atomic mass is 9.93. The van der Waals surface area contributed by atoms with Crippen LogP contribution in [0, 0.1) is 0 Å². The SMILES string of the molecule is C=CCC(/N=C1\CCCC1(O)C(C)(F)F)n1c2nc(Nc3ccc(N4CCN(C)CC4)cc3)ncc2c(=O)n1CC=C. The second kappa shape index (κ2) is 11.8. The van der Waals surface area contributed by atoms with Crippen LogP contribution in [0.5, 0.6) is 0 Å². The Bertz CT molecular complexity index is 1530. The molecule has 0 amide bonds. The zero-order valence-corrected chi connectivity index (χ0v) is 24.1. The van der Waals surface area contributed by atoms with Gasteiger partial charge in [-0.25, -0.2) is 23.1 Å². The molecule has 0 bridgehead atoms. The van der Waals surface area contributed by atoms with E-state index < -0.39 is 17.7 Å². The average Bonchev–Trinajstić information content (AvgIpc) is 3.47. The lowest BCUT2D eigenvalue weighted by Gasteiger charge is -2.34. The predicted octanol–water partition coefficient (Wildman–Crippen LogP) is 4.36. The van der Waals surface area contributed by atoms with Gasteiger partial charge in [-0.05, 0) is 50.6 Å². The first kappa shape index (κ1) is 29.6. The van der Waals surface area contributed by atoms with E-state index in [1.807, 2.05) is 24.3 Å². The molecule has 3 heterocycles. The number of aliphatic imine (C=N–C) groups is 1. The number of hydrogen-bond donors (Lipinski definition) is 2. The highest BCUT2D eigenvalue weighted by Crippen LogP contribution is 2.41. The van der Waals surface area contributed by atoms with E-state index in [1.165, 1.54) is 10.9 Å². The molecule has 2 atom stereocenters. The number of allylic oxidation sites excluding steroid dienone is 1. The van der Waals surface area contributed by atoms with Gasteiger partial charge in [0, 0.05) is 57.1 Å². The standard InChI is InChI=1S/C30H38F2N8O2/c1-5-8-25(35-24-9-7-14-30(24,42)29(3,31)32)40-26-23(27(41)39(40)15-6-2)20-33-28(36-26)34-21-10-12-22(13-11-21)38-18-16-37(4)17-19-38/h5-6,10-13,20,25,42H,1-2,7-9,14-19H2,3-4H3,(H,33,34,36)/b35-24+. The molecule has 1 saturated heterocycles. The number of nitrogens with zero attached hydrogens (tertiary/aromatic N) is 7. The molecule has 2 aliphatic rings. The molecular weight excluding hydrogens is 542 g/mol. The molecule has 1 saturated carbocycles. The van der Waals surface area contributed by atoms with Crippen LogP contribution in [0.15, 0.2) is 65.6 Å². The van der Waals surface area contributed by atoms with E-state index in [2.05, 4.69) is 50.3 Å². The van der Waals surface area contributed by atoms with E-state index in [1.54, 1.807) is 16.8 Å². The highest BCUT2D eigenvalue weighted by Gasteiger charge is 2.54. The van der Waals surface area contributed by atoms with Gasteiger partial charge in [-0.15, -0.1) is 13.2 Å². The Morgan fingerprint density at radius 3 is 2.55 bits per heavy atom. The van der Waals surface area contributed by atoms with Crippen LogP contribution in [0.2, 0.25) is 0 Å². The molecule has 1 aromatic carbocycles. The molecule has 2 unspecified atom stereocenters. The maximum absolute atomic E-state index is 14.5. The number of halogens is 2. The Hall–Kier alpha value is -3.90. The number of aromatic nitrogens is 4. The highest BCUT2D eigenvalue weighted by atomic mass is 19.3. The maximum atomic E-state index is 14.5. The van der Waals surface area contributed by atoms with Crippen molar-refractivity contribution in [3.05, 3.63) is 66.1 Å². The first-order chi connectivity index (χ1) is 20.1. The van der Waals surface area contributed by atoms with Crippen molar-refractivity contribution in [1.29, 1.82) is 0 Å². The molecule has 42 heavy (non-hydrogen) atoms. The van der Waals surface area contributed by atoms with E-state index in [4.69, 9.17) is 0 Å². The van der Waals surface area contributed by atoms with E-state index in [-0.39, 0.29) is 54.1 Å². The third-order valence-electron chi connectivity index (χ3n) is 8.12. The zero-order valence-electron chi connectivity index (χ0n) is 24.1. The number of hydrogen-bond acceptors (Lipinski definition) is 8. The summed E-state index contributed by atoms with van der Waals surface area (Å²) in [6, 6.07) is 8.00. The molecule has 1 aliphatic carbocycles. The van der Waals surface area contributed by atoms with Crippen molar-refractivity contribution in [2.24, 2.45) is 4.99 Å². The minimum atomic E-state index is -3.38. The smallest absolute Gasteiger partial charge is 0.278 e. The van der Waals surface area contributed by atoms with E-state index in [0.29, 0.717) is 13.3 Å². The van der Waals surface area contributed by atoms with Gasteiger partial charge in [0.1, 0.15) is 11.6 Å². The van der Waals surface area contributed by atoms with Gasteiger partial charge in [-0.2, -0.15) is 4.98 Å². The Morgan fingerprint density at radius 2 is 1.90 bits per heavy atom. The monoisotopic (exact) mass is 580 g/mol. The first-order valence-corrected chi connectivity index (χ1v) is 14.2. The Labute approximate surface area is 243 Å². The van der Waals surface area contributed by atoms with Crippen LogP contribution >= 0.6 is 0 Å². The fourth-order valence-corrected chi connectivity index (χ4v) is 5.70. The molecular formula is C30H38F2N8O2. The lowest BCUT2D eigenvalue weighted by molar-refractivity contribution is -0.127. The number of anilines is 3. The van der Waals surface area contributed by atoms with Gasteiger partial charge in [-0.1, -0.05) is 12.2 Å². The highest BCUT2D eigenvalue weighted by molar-refractivity contribution is 5.95. The van der Waals surface area contributed by atoms with Gasteiger partial charge in [-0.3, -0.25) is 9.79 Å². The molecule has 2 N–H and O–H groups in total. The van der Waals surface area contributed by atoms with Crippen LogP contribution in [0.25, 0.3) is 11.0 Å². The molecule has 0 spiro atoms. The van der Waals surface area contributed by atoms with E-state index in [0.717, 1.165) is 37.6 Å². The summed E-state index contributed by atoms with van der Waals surface area (Å²) in [7, 11) is 2.12. The fraction of sp³-hybridized carbons (Fsp3) is 0.467. The second-order valence-corrected chi connectivity index (χ2v) is 11.1. The number of benzene rings is 1. The molecule has 2 fully saturated rings. The summed E-state index contributed by atoms with van der Waals surface area (Å²) in [6.45, 7) is 12.4. The van der Waals surface area contributed by atoms with Crippen molar-refractivity contribution in [2.75, 3.05) is 43.4 Å². The number of fused-ring (bicyclic) bond motifs is 1. The van der Waals surface area contributed by atoms with Crippen LogP contribution in [-0.2, 0) is 6.54 Å². The van der Waals surface area contributed by atoms with Crippen LogP contribution < -0.4 is 15.8 Å². The van der Waals surface area contributed by atoms with Crippen LogP contribution in [-0.4, -0.2) is 79.8 Å². The molecule has 5 rings (SSSR count). The Balaban J connectivity index is 1.51. The van der Waals surface area contributed by atoms with Gasteiger partial charge >= 0.3 is 0 Å². The van der Waals surface area contributed by atoms with Crippen LogP contribution in [0.1, 0.15) is 38.8 Å². The molecule has 12 heteroatoms. The number of alkyl halides is 2. The van der Waals surface area contributed by atoms with Crippen LogP contribution in [0.4, 0.5) is 26.1 Å². The average molecular weight is 581 g/mol. The summed E-state index contributed by atoms with van der Waals surface area (Å²) in [5.74, 6) is -3.11. The van der Waals surface area contributed by atoms with Gasteiger partial charge in [0.05, 0.1) is 12.3 Å².